The summed E-state index contributed by atoms with van der Waals surface area (Å²) >= 11 is 4.36. The zero-order valence-corrected chi connectivity index (χ0v) is 10.9. The quantitative estimate of drug-likeness (QED) is 0.825. The summed E-state index contributed by atoms with van der Waals surface area (Å²) in [6.07, 6.45) is 3.28. The normalized spacial score (nSPS) is 19.9. The molecule has 0 bridgehead atoms. The molecule has 1 aliphatic heterocycles. The summed E-state index contributed by atoms with van der Waals surface area (Å²) in [5.41, 5.74) is 2.28. The molecule has 1 N–H and O–H groups in total. The second-order valence-electron chi connectivity index (χ2n) is 4.70. The number of likely N-dealkylation sites (tertiary alicyclic amines) is 1. The Morgan fingerprint density at radius 3 is 3.17 bits per heavy atom. The zero-order valence-electron chi connectivity index (χ0n) is 9.97. The van der Waals surface area contributed by atoms with Crippen LogP contribution in [0.15, 0.2) is 24.4 Å². The molecule has 1 aromatic carbocycles. The lowest BCUT2D eigenvalue weighted by Gasteiger charge is -2.15. The number of nitrogens with zero attached hydrogens (tertiary/aromatic N) is 2. The van der Waals surface area contributed by atoms with Crippen molar-refractivity contribution in [3.05, 3.63) is 30.0 Å². The van der Waals surface area contributed by atoms with E-state index >= 15 is 0 Å². The van der Waals surface area contributed by atoms with Crippen LogP contribution in [0.4, 0.5) is 0 Å². The Kier molecular flexibility index (Phi) is 2.99. The van der Waals surface area contributed by atoms with Crippen LogP contribution in [0.2, 0.25) is 0 Å². The van der Waals surface area contributed by atoms with Crippen LogP contribution in [-0.4, -0.2) is 39.3 Å². The van der Waals surface area contributed by atoms with Gasteiger partial charge in [-0.05, 0) is 18.1 Å². The molecule has 1 amide bonds. The van der Waals surface area contributed by atoms with Gasteiger partial charge in [0.15, 0.2) is 0 Å². The van der Waals surface area contributed by atoms with Crippen LogP contribution in [0.3, 0.4) is 0 Å². The minimum absolute atomic E-state index is 0.196. The molecule has 1 saturated heterocycles. The van der Waals surface area contributed by atoms with Crippen molar-refractivity contribution in [2.45, 2.75) is 18.1 Å². The van der Waals surface area contributed by atoms with Crippen LogP contribution in [0, 0.1) is 0 Å². The molecule has 2 heterocycles. The third kappa shape index (κ3) is 2.10. The summed E-state index contributed by atoms with van der Waals surface area (Å²) in [7, 11) is 0. The highest BCUT2D eigenvalue weighted by molar-refractivity contribution is 7.81. The molecular formula is C13H15N3OS. The summed E-state index contributed by atoms with van der Waals surface area (Å²) in [4.78, 5) is 13.6. The fourth-order valence-corrected chi connectivity index (χ4v) is 2.82. The highest BCUT2D eigenvalue weighted by Crippen LogP contribution is 2.19. The van der Waals surface area contributed by atoms with E-state index in [1.807, 2.05) is 23.2 Å². The summed E-state index contributed by atoms with van der Waals surface area (Å²) < 4.78 is 0. The predicted molar refractivity (Wildman–Crippen MR) is 73.8 cm³/mol. The van der Waals surface area contributed by atoms with Gasteiger partial charge in [0.25, 0.3) is 0 Å². The average molecular weight is 261 g/mol. The van der Waals surface area contributed by atoms with Crippen LogP contribution in [-0.2, 0) is 11.2 Å². The maximum atomic E-state index is 11.7. The number of thiol groups is 1. The van der Waals surface area contributed by atoms with Crippen LogP contribution in [0.5, 0.6) is 0 Å². The maximum absolute atomic E-state index is 11.7. The molecule has 4 nitrogen and oxygen atoms in total. The van der Waals surface area contributed by atoms with E-state index in [1.54, 1.807) is 0 Å². The van der Waals surface area contributed by atoms with Gasteiger partial charge in [-0.25, -0.2) is 0 Å². The molecule has 0 spiro atoms. The van der Waals surface area contributed by atoms with Gasteiger partial charge in [-0.3, -0.25) is 9.89 Å². The molecule has 3 rings (SSSR count). The third-order valence-electron chi connectivity index (χ3n) is 3.42. The van der Waals surface area contributed by atoms with Crippen molar-refractivity contribution in [1.29, 1.82) is 0 Å². The van der Waals surface area contributed by atoms with Gasteiger partial charge in [0.05, 0.1) is 11.7 Å². The van der Waals surface area contributed by atoms with E-state index < -0.39 is 0 Å². The van der Waals surface area contributed by atoms with Crippen molar-refractivity contribution < 1.29 is 4.79 Å². The van der Waals surface area contributed by atoms with Crippen molar-refractivity contribution in [2.24, 2.45) is 0 Å². The van der Waals surface area contributed by atoms with Crippen molar-refractivity contribution in [2.75, 3.05) is 13.1 Å². The Balaban J connectivity index is 1.73. The number of carbonyl (C=O) groups excluding carboxylic acids is 1. The first-order chi connectivity index (χ1) is 8.74. The largest absolute Gasteiger partial charge is 0.341 e. The summed E-state index contributed by atoms with van der Waals surface area (Å²) in [6.45, 7) is 1.53. The van der Waals surface area contributed by atoms with E-state index in [0.29, 0.717) is 6.42 Å². The molecule has 1 fully saturated rings. The van der Waals surface area contributed by atoms with E-state index in [1.165, 1.54) is 5.56 Å². The van der Waals surface area contributed by atoms with E-state index in [2.05, 4.69) is 28.9 Å². The van der Waals surface area contributed by atoms with Crippen molar-refractivity contribution >= 4 is 29.4 Å². The average Bonchev–Trinajstić information content (AvgIpc) is 2.93. The molecule has 0 saturated carbocycles. The lowest BCUT2D eigenvalue weighted by Crippen LogP contribution is -2.27. The van der Waals surface area contributed by atoms with Crippen LogP contribution in [0.1, 0.15) is 12.0 Å². The van der Waals surface area contributed by atoms with Gasteiger partial charge in [0.2, 0.25) is 5.91 Å². The van der Waals surface area contributed by atoms with Gasteiger partial charge in [-0.15, -0.1) is 0 Å². The summed E-state index contributed by atoms with van der Waals surface area (Å²) in [5, 5.41) is 8.35. The number of hydrogen-bond donors (Lipinski definition) is 2. The van der Waals surface area contributed by atoms with Gasteiger partial charge >= 0.3 is 0 Å². The van der Waals surface area contributed by atoms with E-state index in [0.717, 1.165) is 30.4 Å². The van der Waals surface area contributed by atoms with Crippen LogP contribution < -0.4 is 0 Å². The number of nitrogens with one attached hydrogen (secondary N) is 1. The number of rotatable bonds is 3. The highest BCUT2D eigenvalue weighted by atomic mass is 32.1. The van der Waals surface area contributed by atoms with E-state index in [9.17, 15) is 4.79 Å². The second kappa shape index (κ2) is 4.65. The molecule has 1 aromatic heterocycles. The van der Waals surface area contributed by atoms with Crippen molar-refractivity contribution in [3.8, 4) is 0 Å². The number of aromatic nitrogens is 2. The lowest BCUT2D eigenvalue weighted by molar-refractivity contribution is -0.127. The highest BCUT2D eigenvalue weighted by Gasteiger charge is 2.26. The first-order valence-electron chi connectivity index (χ1n) is 6.11. The maximum Gasteiger partial charge on any atom is 0.223 e. The standard InChI is InChI=1S/C13H15N3OS/c17-13-6-10(18)8-16(13)5-4-9-2-1-3-12-11(9)7-14-15-12/h1-3,7,10,18H,4-6,8H2,(H,14,15). The van der Waals surface area contributed by atoms with Gasteiger partial charge in [-0.2, -0.15) is 17.7 Å². The smallest absolute Gasteiger partial charge is 0.223 e. The van der Waals surface area contributed by atoms with Gasteiger partial charge in [0, 0.05) is 30.1 Å². The van der Waals surface area contributed by atoms with Crippen molar-refractivity contribution in [1.82, 2.24) is 15.1 Å². The Bertz CT molecular complexity index is 580. The fraction of sp³-hybridized carbons (Fsp3) is 0.385. The monoisotopic (exact) mass is 261 g/mol. The topological polar surface area (TPSA) is 49.0 Å². The summed E-state index contributed by atoms with van der Waals surface area (Å²) in [5.74, 6) is 0.217. The lowest BCUT2D eigenvalue weighted by atomic mass is 10.1. The SMILES string of the molecule is O=C1CC(S)CN1CCc1cccc2[nH]ncc12. The Morgan fingerprint density at radius 1 is 1.50 bits per heavy atom. The first-order valence-corrected chi connectivity index (χ1v) is 6.62. The number of amides is 1. The number of carbonyl (C=O) groups is 1. The number of hydrogen-bond acceptors (Lipinski definition) is 3. The summed E-state index contributed by atoms with van der Waals surface area (Å²) in [6, 6.07) is 6.12. The molecule has 0 aliphatic carbocycles. The first kappa shape index (κ1) is 11.6. The van der Waals surface area contributed by atoms with E-state index in [4.69, 9.17) is 0 Å². The number of fused-ring (bicyclic) bond motifs is 1. The molecule has 5 heteroatoms. The molecule has 1 atom stereocenters. The fourth-order valence-electron chi connectivity index (χ4n) is 2.47. The molecule has 2 aromatic rings. The molecule has 1 unspecified atom stereocenters. The number of H-pyrrole nitrogens is 1. The minimum atomic E-state index is 0.196. The van der Waals surface area contributed by atoms with Crippen LogP contribution >= 0.6 is 12.6 Å². The van der Waals surface area contributed by atoms with E-state index in [-0.39, 0.29) is 11.2 Å². The molecule has 18 heavy (non-hydrogen) atoms. The number of benzene rings is 1. The molecule has 0 radical (unpaired) electrons. The Morgan fingerprint density at radius 2 is 2.39 bits per heavy atom. The van der Waals surface area contributed by atoms with Crippen molar-refractivity contribution in [3.63, 3.8) is 0 Å². The molecule has 94 valence electrons. The zero-order chi connectivity index (χ0) is 12.5. The minimum Gasteiger partial charge on any atom is -0.341 e. The van der Waals surface area contributed by atoms with Gasteiger partial charge in [-0.1, -0.05) is 12.1 Å². The van der Waals surface area contributed by atoms with Gasteiger partial charge < -0.3 is 4.90 Å². The predicted octanol–water partition coefficient (Wildman–Crippen LogP) is 1.64. The number of aromatic amines is 1. The molecular weight excluding hydrogens is 246 g/mol. The Labute approximate surface area is 111 Å². The molecule has 1 aliphatic rings. The second-order valence-corrected chi connectivity index (χ2v) is 5.43. The third-order valence-corrected chi connectivity index (χ3v) is 3.77. The van der Waals surface area contributed by atoms with Crippen LogP contribution in [0.25, 0.3) is 10.9 Å². The Hall–Kier alpha value is -1.49. The van der Waals surface area contributed by atoms with Gasteiger partial charge in [0.1, 0.15) is 0 Å².